The lowest BCUT2D eigenvalue weighted by molar-refractivity contribution is -0.116. The van der Waals surface area contributed by atoms with Crippen molar-refractivity contribution in [3.8, 4) is 5.75 Å². The van der Waals surface area contributed by atoms with Crippen LogP contribution >= 0.6 is 0 Å². The van der Waals surface area contributed by atoms with E-state index in [1.165, 1.54) is 0 Å². The SMILES string of the molecule is COc1ccc(NC(=O)CC(C)NC2(C)CCCOC2)cc1. The van der Waals surface area contributed by atoms with Gasteiger partial charge in [-0.15, -0.1) is 0 Å². The Morgan fingerprint density at radius 3 is 2.73 bits per heavy atom. The van der Waals surface area contributed by atoms with E-state index in [0.29, 0.717) is 13.0 Å². The van der Waals surface area contributed by atoms with Crippen LogP contribution < -0.4 is 15.4 Å². The molecule has 0 aliphatic carbocycles. The van der Waals surface area contributed by atoms with Crippen molar-refractivity contribution in [1.29, 1.82) is 0 Å². The topological polar surface area (TPSA) is 59.6 Å². The van der Waals surface area contributed by atoms with Gasteiger partial charge in [-0.2, -0.15) is 0 Å². The number of carbonyl (C=O) groups is 1. The maximum Gasteiger partial charge on any atom is 0.225 e. The minimum Gasteiger partial charge on any atom is -0.497 e. The minimum absolute atomic E-state index is 0.00509. The third kappa shape index (κ3) is 5.00. The van der Waals surface area contributed by atoms with E-state index in [0.717, 1.165) is 30.9 Å². The first-order chi connectivity index (χ1) is 10.5. The molecule has 1 aromatic carbocycles. The molecule has 1 heterocycles. The summed E-state index contributed by atoms with van der Waals surface area (Å²) in [5, 5.41) is 6.43. The summed E-state index contributed by atoms with van der Waals surface area (Å²) in [7, 11) is 1.62. The molecular formula is C17H26N2O3. The molecule has 2 N–H and O–H groups in total. The monoisotopic (exact) mass is 306 g/mol. The predicted octanol–water partition coefficient (Wildman–Crippen LogP) is 2.57. The highest BCUT2D eigenvalue weighted by Crippen LogP contribution is 2.20. The van der Waals surface area contributed by atoms with Crippen molar-refractivity contribution >= 4 is 11.6 Å². The Balaban J connectivity index is 1.80. The molecule has 1 aromatic rings. The summed E-state index contributed by atoms with van der Waals surface area (Å²) in [6.45, 7) is 5.73. The van der Waals surface area contributed by atoms with E-state index in [2.05, 4.69) is 17.6 Å². The van der Waals surface area contributed by atoms with E-state index in [-0.39, 0.29) is 17.5 Å². The van der Waals surface area contributed by atoms with Crippen LogP contribution in [-0.2, 0) is 9.53 Å². The Labute approximate surface area is 132 Å². The predicted molar refractivity (Wildman–Crippen MR) is 87.3 cm³/mol. The number of hydrogen-bond acceptors (Lipinski definition) is 4. The van der Waals surface area contributed by atoms with Gasteiger partial charge in [0.2, 0.25) is 5.91 Å². The van der Waals surface area contributed by atoms with E-state index in [9.17, 15) is 4.79 Å². The fourth-order valence-electron chi connectivity index (χ4n) is 2.86. The van der Waals surface area contributed by atoms with E-state index in [1.54, 1.807) is 7.11 Å². The standard InChI is InChI=1S/C17H26N2O3/c1-13(19-17(2)9-4-10-22-12-17)11-16(20)18-14-5-7-15(21-3)8-6-14/h5-8,13,19H,4,9-12H2,1-3H3,(H,18,20). The third-order valence-electron chi connectivity index (χ3n) is 3.90. The van der Waals surface area contributed by atoms with Crippen molar-refractivity contribution in [2.24, 2.45) is 0 Å². The Kier molecular flexibility index (Phi) is 5.80. The van der Waals surface area contributed by atoms with Crippen molar-refractivity contribution in [2.45, 2.75) is 44.7 Å². The quantitative estimate of drug-likeness (QED) is 0.848. The average Bonchev–Trinajstić information content (AvgIpc) is 2.47. The molecule has 5 heteroatoms. The maximum atomic E-state index is 12.1. The minimum atomic E-state index is -0.0297. The van der Waals surface area contributed by atoms with Crippen LogP contribution in [0.2, 0.25) is 0 Å². The molecule has 1 aliphatic rings. The summed E-state index contributed by atoms with van der Waals surface area (Å²) in [6, 6.07) is 7.44. The van der Waals surface area contributed by atoms with E-state index in [4.69, 9.17) is 9.47 Å². The summed E-state index contributed by atoms with van der Waals surface area (Å²) < 4.78 is 10.6. The number of benzene rings is 1. The maximum absolute atomic E-state index is 12.1. The molecule has 0 aromatic heterocycles. The van der Waals surface area contributed by atoms with E-state index < -0.39 is 0 Å². The van der Waals surface area contributed by atoms with Crippen molar-refractivity contribution in [3.05, 3.63) is 24.3 Å². The molecular weight excluding hydrogens is 280 g/mol. The Bertz CT molecular complexity index is 481. The summed E-state index contributed by atoms with van der Waals surface area (Å²) in [5.41, 5.74) is 0.753. The van der Waals surface area contributed by atoms with Crippen LogP contribution in [0.25, 0.3) is 0 Å². The second-order valence-corrected chi connectivity index (χ2v) is 6.24. The van der Waals surface area contributed by atoms with Crippen LogP contribution in [0.4, 0.5) is 5.69 Å². The first-order valence-electron chi connectivity index (χ1n) is 7.80. The molecule has 22 heavy (non-hydrogen) atoms. The molecule has 122 valence electrons. The lowest BCUT2D eigenvalue weighted by Gasteiger charge is -2.36. The van der Waals surface area contributed by atoms with E-state index in [1.807, 2.05) is 31.2 Å². The van der Waals surface area contributed by atoms with Crippen molar-refractivity contribution in [1.82, 2.24) is 5.32 Å². The van der Waals surface area contributed by atoms with Crippen LogP contribution in [-0.4, -0.2) is 37.8 Å². The van der Waals surface area contributed by atoms with Gasteiger partial charge in [0.05, 0.1) is 13.7 Å². The fourth-order valence-corrected chi connectivity index (χ4v) is 2.86. The summed E-state index contributed by atoms with van der Waals surface area (Å²) in [6.07, 6.45) is 2.58. The number of anilines is 1. The molecule has 0 radical (unpaired) electrons. The number of carbonyl (C=O) groups excluding carboxylic acids is 1. The normalized spacial score (nSPS) is 22.9. The Hall–Kier alpha value is -1.59. The molecule has 1 saturated heterocycles. The zero-order chi connectivity index (χ0) is 16.0. The summed E-state index contributed by atoms with van der Waals surface area (Å²) >= 11 is 0. The Morgan fingerprint density at radius 1 is 1.41 bits per heavy atom. The second kappa shape index (κ2) is 7.61. The van der Waals surface area contributed by atoms with Crippen LogP contribution in [0.1, 0.15) is 33.1 Å². The largest absolute Gasteiger partial charge is 0.497 e. The van der Waals surface area contributed by atoms with Gasteiger partial charge in [0, 0.05) is 30.3 Å². The highest BCUT2D eigenvalue weighted by atomic mass is 16.5. The lowest BCUT2D eigenvalue weighted by Crippen LogP contribution is -2.53. The molecule has 2 unspecified atom stereocenters. The molecule has 2 rings (SSSR count). The number of methoxy groups -OCH3 is 1. The molecule has 0 spiro atoms. The zero-order valence-electron chi connectivity index (χ0n) is 13.6. The van der Waals surface area contributed by atoms with Gasteiger partial charge in [0.15, 0.2) is 0 Å². The summed E-state index contributed by atoms with van der Waals surface area (Å²) in [4.78, 5) is 12.1. The number of rotatable bonds is 6. The molecule has 1 aliphatic heterocycles. The molecule has 2 atom stereocenters. The van der Waals surface area contributed by atoms with Gasteiger partial charge in [0.1, 0.15) is 5.75 Å². The molecule has 0 bridgehead atoms. The number of amides is 1. The van der Waals surface area contributed by atoms with Crippen molar-refractivity contribution in [2.75, 3.05) is 25.6 Å². The highest BCUT2D eigenvalue weighted by Gasteiger charge is 2.29. The van der Waals surface area contributed by atoms with Gasteiger partial charge in [-0.05, 0) is 51.0 Å². The first kappa shape index (κ1) is 16.8. The van der Waals surface area contributed by atoms with Crippen LogP contribution in [0.15, 0.2) is 24.3 Å². The van der Waals surface area contributed by atoms with Crippen LogP contribution in [0.3, 0.4) is 0 Å². The molecule has 1 amide bonds. The smallest absolute Gasteiger partial charge is 0.225 e. The van der Waals surface area contributed by atoms with Crippen molar-refractivity contribution in [3.63, 3.8) is 0 Å². The van der Waals surface area contributed by atoms with Gasteiger partial charge in [-0.25, -0.2) is 0 Å². The first-order valence-corrected chi connectivity index (χ1v) is 7.80. The number of nitrogens with one attached hydrogen (secondary N) is 2. The van der Waals surface area contributed by atoms with Crippen LogP contribution in [0.5, 0.6) is 5.75 Å². The van der Waals surface area contributed by atoms with Gasteiger partial charge in [-0.1, -0.05) is 0 Å². The number of ether oxygens (including phenoxy) is 2. The summed E-state index contributed by atoms with van der Waals surface area (Å²) in [5.74, 6) is 0.781. The van der Waals surface area contributed by atoms with Crippen LogP contribution in [0, 0.1) is 0 Å². The van der Waals surface area contributed by atoms with Crippen molar-refractivity contribution < 1.29 is 14.3 Å². The zero-order valence-corrected chi connectivity index (χ0v) is 13.6. The lowest BCUT2D eigenvalue weighted by atomic mass is 9.93. The fraction of sp³-hybridized carbons (Fsp3) is 0.588. The van der Waals surface area contributed by atoms with Gasteiger partial charge in [0.25, 0.3) is 0 Å². The van der Waals surface area contributed by atoms with Gasteiger partial charge >= 0.3 is 0 Å². The highest BCUT2D eigenvalue weighted by molar-refractivity contribution is 5.91. The van der Waals surface area contributed by atoms with Gasteiger partial charge in [-0.3, -0.25) is 4.79 Å². The molecule has 1 fully saturated rings. The molecule has 0 saturated carbocycles. The number of hydrogen-bond donors (Lipinski definition) is 2. The van der Waals surface area contributed by atoms with Gasteiger partial charge < -0.3 is 20.1 Å². The Morgan fingerprint density at radius 2 is 2.14 bits per heavy atom. The second-order valence-electron chi connectivity index (χ2n) is 6.24. The average molecular weight is 306 g/mol. The third-order valence-corrected chi connectivity index (χ3v) is 3.90. The van der Waals surface area contributed by atoms with E-state index >= 15 is 0 Å². The molecule has 5 nitrogen and oxygen atoms in total.